The lowest BCUT2D eigenvalue weighted by molar-refractivity contribution is -0.174. The van der Waals surface area contributed by atoms with E-state index in [0.29, 0.717) is 17.9 Å². The molecule has 1 aromatic carbocycles. The van der Waals surface area contributed by atoms with Crippen molar-refractivity contribution in [3.63, 3.8) is 0 Å². The molecule has 2 rings (SSSR count). The van der Waals surface area contributed by atoms with Gasteiger partial charge in [0.05, 0.1) is 6.04 Å². The van der Waals surface area contributed by atoms with E-state index in [1.807, 2.05) is 23.3 Å². The summed E-state index contributed by atoms with van der Waals surface area (Å²) in [4.78, 5) is 16.5. The predicted molar refractivity (Wildman–Crippen MR) is 120 cm³/mol. The molecule has 3 unspecified atom stereocenters. The lowest BCUT2D eigenvalue weighted by Gasteiger charge is -2.28. The number of aliphatic hydroxyl groups excluding tert-OH is 1. The maximum absolute atomic E-state index is 14.4. The number of nitrogens with zero attached hydrogens (tertiary/aromatic N) is 3. The number of halogens is 4. The van der Waals surface area contributed by atoms with Crippen molar-refractivity contribution < 1.29 is 27.5 Å². The van der Waals surface area contributed by atoms with E-state index in [1.165, 1.54) is 11.8 Å². The molecule has 1 aromatic rings. The van der Waals surface area contributed by atoms with Gasteiger partial charge in [0.15, 0.2) is 6.30 Å². The molecule has 1 fully saturated rings. The van der Waals surface area contributed by atoms with Gasteiger partial charge in [0.1, 0.15) is 0 Å². The Bertz CT molecular complexity index is 847. The molecule has 7 nitrogen and oxygen atoms in total. The Morgan fingerprint density at radius 3 is 2.64 bits per heavy atom. The second-order valence-corrected chi connectivity index (χ2v) is 7.92. The molecular formula is C22H31F4N5O2. The highest BCUT2D eigenvalue weighted by molar-refractivity contribution is 5.82. The standard InChI is InChI=1S/C22H31F4N5O2/c1-5-29(4)11-16-10-18(6-7-20(16)31(15(2)23)9-8-27-3)30-12-17(14-32)19(13-30)28-21(33)22(24,25)26/h5-10,15,17,19,27,32H,1,11-14H2,2-4H3,(H,28,33)/b9-8-. The molecule has 0 saturated carbocycles. The van der Waals surface area contributed by atoms with E-state index in [2.05, 4.69) is 11.9 Å². The molecule has 33 heavy (non-hydrogen) atoms. The van der Waals surface area contributed by atoms with Crippen LogP contribution in [0.3, 0.4) is 0 Å². The van der Waals surface area contributed by atoms with Crippen molar-refractivity contribution in [2.45, 2.75) is 32.0 Å². The SMILES string of the molecule is C=CN(C)Cc1cc(N2CC(CO)C(NC(=O)C(F)(F)F)C2)ccc1N(/C=C\NC)C(C)F. The first-order chi connectivity index (χ1) is 15.5. The zero-order valence-corrected chi connectivity index (χ0v) is 18.9. The van der Waals surface area contributed by atoms with E-state index in [4.69, 9.17) is 0 Å². The van der Waals surface area contributed by atoms with Crippen molar-refractivity contribution in [3.8, 4) is 0 Å². The first-order valence-corrected chi connectivity index (χ1v) is 10.5. The normalized spacial score (nSPS) is 19.5. The van der Waals surface area contributed by atoms with Crippen LogP contribution < -0.4 is 20.4 Å². The topological polar surface area (TPSA) is 71.1 Å². The van der Waals surface area contributed by atoms with Crippen molar-refractivity contribution in [3.05, 3.63) is 48.9 Å². The summed E-state index contributed by atoms with van der Waals surface area (Å²) in [6.45, 7) is 5.56. The van der Waals surface area contributed by atoms with Crippen LogP contribution in [-0.4, -0.2) is 68.2 Å². The van der Waals surface area contributed by atoms with E-state index < -0.39 is 30.3 Å². The van der Waals surface area contributed by atoms with Crippen LogP contribution >= 0.6 is 0 Å². The number of carbonyl (C=O) groups is 1. The Morgan fingerprint density at radius 2 is 2.09 bits per heavy atom. The van der Waals surface area contributed by atoms with Crippen molar-refractivity contribution in [1.29, 1.82) is 0 Å². The molecule has 0 aromatic heterocycles. The molecule has 184 valence electrons. The number of rotatable bonds is 10. The fourth-order valence-corrected chi connectivity index (χ4v) is 3.71. The van der Waals surface area contributed by atoms with Gasteiger partial charge in [-0.15, -0.1) is 0 Å². The molecular weight excluding hydrogens is 442 g/mol. The Kier molecular flexibility index (Phi) is 8.98. The summed E-state index contributed by atoms with van der Waals surface area (Å²) in [7, 11) is 3.52. The molecule has 1 saturated heterocycles. The van der Waals surface area contributed by atoms with E-state index in [0.717, 1.165) is 5.56 Å². The largest absolute Gasteiger partial charge is 0.471 e. The van der Waals surface area contributed by atoms with E-state index in [1.54, 1.807) is 42.7 Å². The molecule has 0 aliphatic carbocycles. The molecule has 1 amide bonds. The van der Waals surface area contributed by atoms with Crippen LogP contribution in [0.2, 0.25) is 0 Å². The number of benzene rings is 1. The van der Waals surface area contributed by atoms with Gasteiger partial charge in [-0.3, -0.25) is 4.79 Å². The second-order valence-electron chi connectivity index (χ2n) is 7.92. The van der Waals surface area contributed by atoms with Crippen molar-refractivity contribution in [1.82, 2.24) is 15.5 Å². The van der Waals surface area contributed by atoms with Gasteiger partial charge in [0.25, 0.3) is 0 Å². The van der Waals surface area contributed by atoms with Gasteiger partial charge in [0, 0.05) is 70.0 Å². The average molecular weight is 474 g/mol. The van der Waals surface area contributed by atoms with Gasteiger partial charge in [-0.1, -0.05) is 6.58 Å². The maximum Gasteiger partial charge on any atom is 0.471 e. The lowest BCUT2D eigenvalue weighted by atomic mass is 10.1. The first kappa shape index (κ1) is 26.3. The van der Waals surface area contributed by atoms with Crippen LogP contribution in [0.15, 0.2) is 43.4 Å². The van der Waals surface area contributed by atoms with Gasteiger partial charge >= 0.3 is 12.1 Å². The fourth-order valence-electron chi connectivity index (χ4n) is 3.71. The third kappa shape index (κ3) is 6.77. The first-order valence-electron chi connectivity index (χ1n) is 10.5. The Morgan fingerprint density at radius 1 is 1.39 bits per heavy atom. The lowest BCUT2D eigenvalue weighted by Crippen LogP contribution is -2.47. The number of aliphatic hydroxyl groups is 1. The summed E-state index contributed by atoms with van der Waals surface area (Å²) in [5.74, 6) is -2.59. The third-order valence-corrected chi connectivity index (χ3v) is 5.47. The summed E-state index contributed by atoms with van der Waals surface area (Å²) in [5, 5.41) is 14.5. The van der Waals surface area contributed by atoms with Crippen LogP contribution in [0.25, 0.3) is 0 Å². The molecule has 1 aliphatic heterocycles. The second kappa shape index (κ2) is 11.3. The highest BCUT2D eigenvalue weighted by Crippen LogP contribution is 2.32. The number of hydrogen-bond donors (Lipinski definition) is 3. The third-order valence-electron chi connectivity index (χ3n) is 5.47. The zero-order valence-electron chi connectivity index (χ0n) is 18.9. The Hall–Kier alpha value is -2.95. The minimum absolute atomic E-state index is 0.103. The quantitative estimate of drug-likeness (QED) is 0.359. The monoisotopic (exact) mass is 473 g/mol. The molecule has 0 spiro atoms. The van der Waals surface area contributed by atoms with Crippen molar-refractivity contribution in [2.24, 2.45) is 5.92 Å². The molecule has 0 bridgehead atoms. The minimum Gasteiger partial charge on any atom is -0.396 e. The van der Waals surface area contributed by atoms with Gasteiger partial charge in [-0.25, -0.2) is 4.39 Å². The van der Waals surface area contributed by atoms with Crippen LogP contribution in [0.5, 0.6) is 0 Å². The maximum atomic E-state index is 14.4. The van der Waals surface area contributed by atoms with E-state index in [-0.39, 0.29) is 19.7 Å². The average Bonchev–Trinajstić information content (AvgIpc) is 3.16. The Balaban J connectivity index is 2.36. The highest BCUT2D eigenvalue weighted by atomic mass is 19.4. The number of amides is 1. The number of alkyl halides is 4. The van der Waals surface area contributed by atoms with Gasteiger partial charge in [-0.2, -0.15) is 13.2 Å². The van der Waals surface area contributed by atoms with Crippen molar-refractivity contribution >= 4 is 17.3 Å². The highest BCUT2D eigenvalue weighted by Gasteiger charge is 2.43. The van der Waals surface area contributed by atoms with Crippen LogP contribution in [-0.2, 0) is 11.3 Å². The molecule has 1 heterocycles. The summed E-state index contributed by atoms with van der Waals surface area (Å²) in [6, 6.07) is 4.47. The summed E-state index contributed by atoms with van der Waals surface area (Å²) in [5.41, 5.74) is 2.08. The predicted octanol–water partition coefficient (Wildman–Crippen LogP) is 2.55. The van der Waals surface area contributed by atoms with Crippen LogP contribution in [0.1, 0.15) is 12.5 Å². The van der Waals surface area contributed by atoms with Gasteiger partial charge < -0.3 is 30.4 Å². The number of hydrogen-bond acceptors (Lipinski definition) is 6. The van der Waals surface area contributed by atoms with Gasteiger partial charge in [-0.05, 0) is 36.9 Å². The molecule has 11 heteroatoms. The summed E-state index contributed by atoms with van der Waals surface area (Å²) < 4.78 is 52.5. The number of nitrogens with one attached hydrogen (secondary N) is 2. The van der Waals surface area contributed by atoms with Gasteiger partial charge in [0.2, 0.25) is 0 Å². The summed E-state index contributed by atoms with van der Waals surface area (Å²) >= 11 is 0. The van der Waals surface area contributed by atoms with E-state index >= 15 is 0 Å². The van der Waals surface area contributed by atoms with Crippen molar-refractivity contribution in [2.75, 3.05) is 43.6 Å². The molecule has 3 N–H and O–H groups in total. The fraction of sp³-hybridized carbons (Fsp3) is 0.500. The number of anilines is 2. The summed E-state index contributed by atoms with van der Waals surface area (Å²) in [6.07, 6.45) is -1.50. The smallest absolute Gasteiger partial charge is 0.396 e. The molecule has 3 atom stereocenters. The molecule has 1 aliphatic rings. The Labute approximate surface area is 191 Å². The number of carbonyl (C=O) groups excluding carboxylic acids is 1. The van der Waals surface area contributed by atoms with Crippen LogP contribution in [0.4, 0.5) is 28.9 Å². The van der Waals surface area contributed by atoms with E-state index in [9.17, 15) is 27.5 Å². The molecule has 0 radical (unpaired) electrons. The minimum atomic E-state index is -5.00. The van der Waals surface area contributed by atoms with Crippen LogP contribution in [0, 0.1) is 5.92 Å². The zero-order chi connectivity index (χ0) is 24.8.